The first kappa shape index (κ1) is 30.3. The van der Waals surface area contributed by atoms with Gasteiger partial charge in [0, 0.05) is 3.57 Å². The molecule has 1 saturated carbocycles. The second kappa shape index (κ2) is 11.3. The normalized spacial score (nSPS) is 24.3. The summed E-state index contributed by atoms with van der Waals surface area (Å²) in [6.07, 6.45) is 0. The van der Waals surface area contributed by atoms with E-state index in [-0.39, 0.29) is 17.6 Å². The number of rotatable bonds is 7. The topological polar surface area (TPSA) is 72.9 Å². The standard InChI is InChI=1S/C41H30INO5/c1-47-31-21-13-25(14-22-31)33-34(26-15-23-32(48-2)24-16-26)41(28-11-7-4-8-12-28)36-35(40(33,39(41)46)27-9-5-3-6-10-27)37(44)43(38(36)45)30-19-17-29(42)18-20-30/h3-24,35-36H,1-2H3/t35-,36+,40-,41-/m1/s1. The molecule has 0 unspecified atom stereocenters. The summed E-state index contributed by atoms with van der Waals surface area (Å²) in [7, 11) is 3.22. The number of hydrogen-bond donors (Lipinski definition) is 0. The second-order valence-corrected chi connectivity index (χ2v) is 13.6. The van der Waals surface area contributed by atoms with E-state index < -0.39 is 22.7 Å². The minimum Gasteiger partial charge on any atom is -0.497 e. The molecule has 0 N–H and O–H groups in total. The predicted octanol–water partition coefficient (Wildman–Crippen LogP) is 7.50. The highest BCUT2D eigenvalue weighted by atomic mass is 127. The maximum atomic E-state index is 16.0. The Morgan fingerprint density at radius 2 is 0.938 bits per heavy atom. The number of halogens is 1. The third-order valence-electron chi connectivity index (χ3n) is 10.3. The van der Waals surface area contributed by atoms with Gasteiger partial charge in [-0.25, -0.2) is 4.90 Å². The molecule has 8 rings (SSSR count). The molecule has 5 aromatic rings. The molecule has 7 heteroatoms. The summed E-state index contributed by atoms with van der Waals surface area (Å²) in [5.41, 5.74) is 1.92. The molecule has 1 heterocycles. The van der Waals surface area contributed by atoms with Crippen molar-refractivity contribution in [2.75, 3.05) is 19.1 Å². The summed E-state index contributed by atoms with van der Waals surface area (Å²) < 4.78 is 12.0. The van der Waals surface area contributed by atoms with E-state index >= 15 is 14.4 Å². The van der Waals surface area contributed by atoms with Gasteiger partial charge in [0.15, 0.2) is 5.78 Å². The lowest BCUT2D eigenvalue weighted by Gasteiger charge is -2.39. The van der Waals surface area contributed by atoms with Crippen LogP contribution in [-0.2, 0) is 25.2 Å². The Hall–Kier alpha value is -5.02. The van der Waals surface area contributed by atoms with E-state index in [0.717, 1.165) is 25.8 Å². The Bertz CT molecular complexity index is 1980. The monoisotopic (exact) mass is 743 g/mol. The van der Waals surface area contributed by atoms with Gasteiger partial charge in [-0.3, -0.25) is 14.4 Å². The number of ketones is 1. The average Bonchev–Trinajstić information content (AvgIpc) is 3.65. The van der Waals surface area contributed by atoms with Crippen LogP contribution >= 0.6 is 22.6 Å². The van der Waals surface area contributed by atoms with E-state index in [4.69, 9.17) is 9.47 Å². The molecule has 1 saturated heterocycles. The van der Waals surface area contributed by atoms with Crippen LogP contribution in [-0.4, -0.2) is 31.8 Å². The van der Waals surface area contributed by atoms with Crippen LogP contribution in [0.3, 0.4) is 0 Å². The number of fused-ring (bicyclic) bond motifs is 5. The van der Waals surface area contributed by atoms with Crippen molar-refractivity contribution in [3.8, 4) is 11.5 Å². The molecule has 2 bridgehead atoms. The quantitative estimate of drug-likeness (QED) is 0.128. The lowest BCUT2D eigenvalue weighted by molar-refractivity contribution is -0.130. The largest absolute Gasteiger partial charge is 0.497 e. The van der Waals surface area contributed by atoms with E-state index in [1.807, 2.05) is 121 Å². The highest BCUT2D eigenvalue weighted by Crippen LogP contribution is 2.74. The van der Waals surface area contributed by atoms with Gasteiger partial charge in [-0.15, -0.1) is 0 Å². The highest BCUT2D eigenvalue weighted by Gasteiger charge is 2.82. The zero-order valence-corrected chi connectivity index (χ0v) is 28.4. The number of carbonyl (C=O) groups is 3. The zero-order valence-electron chi connectivity index (χ0n) is 26.2. The molecular formula is C41H30INO5. The molecule has 6 nitrogen and oxygen atoms in total. The number of imide groups is 1. The van der Waals surface area contributed by atoms with Gasteiger partial charge in [-0.2, -0.15) is 0 Å². The number of anilines is 1. The fourth-order valence-corrected chi connectivity index (χ4v) is 8.84. The van der Waals surface area contributed by atoms with Crippen molar-refractivity contribution in [3.05, 3.63) is 159 Å². The number of carbonyl (C=O) groups excluding carboxylic acids is 3. The van der Waals surface area contributed by atoms with E-state index in [1.54, 1.807) is 26.4 Å². The molecule has 0 radical (unpaired) electrons. The summed E-state index contributed by atoms with van der Waals surface area (Å²) in [5, 5.41) is 0. The molecule has 4 atom stereocenters. The molecule has 1 aliphatic heterocycles. The van der Waals surface area contributed by atoms with Crippen LogP contribution in [0.15, 0.2) is 133 Å². The number of amides is 2. The first-order valence-corrected chi connectivity index (χ1v) is 16.8. The summed E-state index contributed by atoms with van der Waals surface area (Å²) in [4.78, 5) is 47.5. The Labute approximate surface area is 292 Å². The van der Waals surface area contributed by atoms with Crippen molar-refractivity contribution < 1.29 is 23.9 Å². The molecule has 2 fully saturated rings. The van der Waals surface area contributed by atoms with Gasteiger partial charge >= 0.3 is 0 Å². The first-order chi connectivity index (χ1) is 23.4. The van der Waals surface area contributed by atoms with Crippen molar-refractivity contribution >= 4 is 57.0 Å². The van der Waals surface area contributed by atoms with Crippen molar-refractivity contribution in [2.24, 2.45) is 11.8 Å². The van der Waals surface area contributed by atoms with E-state index in [9.17, 15) is 0 Å². The zero-order chi connectivity index (χ0) is 33.2. The number of nitrogens with zero attached hydrogens (tertiary/aromatic N) is 1. The van der Waals surface area contributed by atoms with E-state index in [1.165, 1.54) is 4.90 Å². The summed E-state index contributed by atoms with van der Waals surface area (Å²) in [5.74, 6) is -1.55. The molecule has 3 aliphatic rings. The SMILES string of the molecule is COc1ccc(C2=C(c3ccc(OC)cc3)[C@@]3(c4ccccc4)C(=O)[C@@]2(c2ccccc2)[C@@H]2C(=O)N(c4ccc(I)cc4)C(=O)[C@@H]23)cc1. The fourth-order valence-electron chi connectivity index (χ4n) is 8.48. The van der Waals surface area contributed by atoms with Crippen LogP contribution in [0.2, 0.25) is 0 Å². The van der Waals surface area contributed by atoms with Gasteiger partial charge in [0.25, 0.3) is 0 Å². The number of hydrogen-bond acceptors (Lipinski definition) is 5. The smallest absolute Gasteiger partial charge is 0.239 e. The number of methoxy groups -OCH3 is 2. The third-order valence-corrected chi connectivity index (χ3v) is 11.0. The number of ether oxygens (including phenoxy) is 2. The number of benzene rings is 5. The number of Topliss-reactive ketones (excluding diaryl/α,β-unsaturated/α-hetero) is 1. The van der Waals surface area contributed by atoms with Gasteiger partial charge in [0.2, 0.25) is 11.8 Å². The van der Waals surface area contributed by atoms with E-state index in [2.05, 4.69) is 22.6 Å². The van der Waals surface area contributed by atoms with Gasteiger partial charge in [0.05, 0.1) is 42.6 Å². The lowest BCUT2D eigenvalue weighted by Crippen LogP contribution is -2.45. The van der Waals surface area contributed by atoms with Gasteiger partial charge in [0.1, 0.15) is 11.5 Å². The molecule has 48 heavy (non-hydrogen) atoms. The van der Waals surface area contributed by atoms with Crippen LogP contribution < -0.4 is 14.4 Å². The Kier molecular flexibility index (Phi) is 7.14. The minimum absolute atomic E-state index is 0.164. The van der Waals surface area contributed by atoms with Crippen LogP contribution in [0.25, 0.3) is 11.1 Å². The van der Waals surface area contributed by atoms with Crippen LogP contribution in [0.1, 0.15) is 22.3 Å². The summed E-state index contributed by atoms with van der Waals surface area (Å²) in [6, 6.07) is 41.7. The molecule has 0 spiro atoms. The van der Waals surface area contributed by atoms with Crippen molar-refractivity contribution in [1.29, 1.82) is 0 Å². The molecule has 5 aromatic carbocycles. The average molecular weight is 744 g/mol. The molecule has 2 amide bonds. The molecule has 0 aromatic heterocycles. The number of allylic oxidation sites excluding steroid dienone is 2. The maximum absolute atomic E-state index is 16.0. The van der Waals surface area contributed by atoms with Gasteiger partial charge in [-0.05, 0) is 105 Å². The Morgan fingerprint density at radius 1 is 0.542 bits per heavy atom. The van der Waals surface area contributed by atoms with Crippen molar-refractivity contribution in [2.45, 2.75) is 10.8 Å². The first-order valence-electron chi connectivity index (χ1n) is 15.7. The van der Waals surface area contributed by atoms with Gasteiger partial charge in [-0.1, -0.05) is 84.9 Å². The summed E-state index contributed by atoms with van der Waals surface area (Å²) >= 11 is 2.21. The van der Waals surface area contributed by atoms with Gasteiger partial charge < -0.3 is 9.47 Å². The van der Waals surface area contributed by atoms with E-state index in [0.29, 0.717) is 28.3 Å². The minimum atomic E-state index is -1.48. The Balaban J connectivity index is 1.54. The van der Waals surface area contributed by atoms with Crippen molar-refractivity contribution in [3.63, 3.8) is 0 Å². The third kappa shape index (κ3) is 3.94. The highest BCUT2D eigenvalue weighted by molar-refractivity contribution is 14.1. The molecular weight excluding hydrogens is 713 g/mol. The molecule has 236 valence electrons. The molecule has 2 aliphatic carbocycles. The summed E-state index contributed by atoms with van der Waals surface area (Å²) in [6.45, 7) is 0. The van der Waals surface area contributed by atoms with Crippen LogP contribution in [0, 0.1) is 15.4 Å². The fraction of sp³-hybridized carbons (Fsp3) is 0.146. The second-order valence-electron chi connectivity index (χ2n) is 12.3. The lowest BCUT2D eigenvalue weighted by atomic mass is 9.59. The van der Waals surface area contributed by atoms with Crippen molar-refractivity contribution in [1.82, 2.24) is 0 Å². The van der Waals surface area contributed by atoms with Crippen LogP contribution in [0.4, 0.5) is 5.69 Å². The van der Waals surface area contributed by atoms with Crippen LogP contribution in [0.5, 0.6) is 11.5 Å². The maximum Gasteiger partial charge on any atom is 0.239 e. The predicted molar refractivity (Wildman–Crippen MR) is 193 cm³/mol. The Morgan fingerprint density at radius 3 is 1.31 bits per heavy atom.